The summed E-state index contributed by atoms with van der Waals surface area (Å²) in [6.07, 6.45) is 2.71. The molecule has 6 heteroatoms. The van der Waals surface area contributed by atoms with Crippen molar-refractivity contribution in [3.8, 4) is 0 Å². The molecule has 2 amide bonds. The number of hydrogen-bond donors (Lipinski definition) is 0. The van der Waals surface area contributed by atoms with Crippen molar-refractivity contribution in [1.29, 1.82) is 0 Å². The van der Waals surface area contributed by atoms with Gasteiger partial charge in [0.15, 0.2) is 0 Å². The van der Waals surface area contributed by atoms with Crippen LogP contribution in [-0.4, -0.2) is 36.3 Å². The lowest BCUT2D eigenvalue weighted by Crippen LogP contribution is -2.46. The molecule has 0 unspecified atom stereocenters. The van der Waals surface area contributed by atoms with Crippen molar-refractivity contribution >= 4 is 17.5 Å². The van der Waals surface area contributed by atoms with Gasteiger partial charge in [-0.2, -0.15) is 0 Å². The minimum absolute atomic E-state index is 0.295. The summed E-state index contributed by atoms with van der Waals surface area (Å²) in [5.41, 5.74) is 0.812. The average Bonchev–Trinajstić information content (AvgIpc) is 2.68. The zero-order chi connectivity index (χ0) is 20.1. The maximum absolute atomic E-state index is 14.1. The zero-order valence-corrected chi connectivity index (χ0v) is 15.9. The first-order valence-electron chi connectivity index (χ1n) is 9.49. The number of benzene rings is 2. The second-order valence-corrected chi connectivity index (χ2v) is 7.19. The monoisotopic (exact) mass is 386 g/mol. The van der Waals surface area contributed by atoms with Gasteiger partial charge >= 0.3 is 0 Å². The molecule has 0 aromatic heterocycles. The molecule has 0 spiro atoms. The fraction of sp³-hybridized carbons (Fsp3) is 0.364. The van der Waals surface area contributed by atoms with Crippen LogP contribution in [0.4, 0.5) is 14.5 Å². The SMILES string of the molecule is CC(=O)N(CC(=O)N1CCC(Cc2ccccc2)CC1)c1c(F)cccc1F. The summed E-state index contributed by atoms with van der Waals surface area (Å²) in [6.45, 7) is 2.01. The van der Waals surface area contributed by atoms with Gasteiger partial charge in [0.2, 0.25) is 11.8 Å². The highest BCUT2D eigenvalue weighted by atomic mass is 19.1. The molecule has 0 saturated carbocycles. The van der Waals surface area contributed by atoms with Crippen LogP contribution in [0.2, 0.25) is 0 Å². The third kappa shape index (κ3) is 4.74. The topological polar surface area (TPSA) is 40.6 Å². The first-order chi connectivity index (χ1) is 13.5. The Bertz CT molecular complexity index is 813. The number of amides is 2. The molecular formula is C22H24F2N2O2. The number of rotatable bonds is 5. The van der Waals surface area contributed by atoms with Gasteiger partial charge in [0, 0.05) is 20.0 Å². The molecule has 1 aliphatic heterocycles. The molecule has 0 aliphatic carbocycles. The number of hydrogen-bond acceptors (Lipinski definition) is 2. The van der Waals surface area contributed by atoms with Crippen molar-refractivity contribution in [3.05, 3.63) is 65.7 Å². The van der Waals surface area contributed by atoms with E-state index in [1.165, 1.54) is 18.6 Å². The standard InChI is InChI=1S/C22H24F2N2O2/c1-16(27)26(22-19(23)8-5-9-20(22)24)15-21(28)25-12-10-18(11-13-25)14-17-6-3-2-4-7-17/h2-9,18H,10-15H2,1H3. The number of carbonyl (C=O) groups is 2. The van der Waals surface area contributed by atoms with E-state index in [2.05, 4.69) is 12.1 Å². The Balaban J connectivity index is 1.60. The van der Waals surface area contributed by atoms with Crippen LogP contribution in [-0.2, 0) is 16.0 Å². The molecule has 0 atom stereocenters. The maximum atomic E-state index is 14.1. The Kier molecular flexibility index (Phi) is 6.39. The van der Waals surface area contributed by atoms with Crippen LogP contribution in [0.5, 0.6) is 0 Å². The minimum atomic E-state index is -0.857. The predicted molar refractivity (Wildman–Crippen MR) is 104 cm³/mol. The van der Waals surface area contributed by atoms with Crippen molar-refractivity contribution in [3.63, 3.8) is 0 Å². The Morgan fingerprint density at radius 1 is 1.00 bits per heavy atom. The van der Waals surface area contributed by atoms with Crippen LogP contribution in [0.25, 0.3) is 0 Å². The van der Waals surface area contributed by atoms with E-state index in [0.29, 0.717) is 19.0 Å². The lowest BCUT2D eigenvalue weighted by atomic mass is 9.90. The molecule has 1 fully saturated rings. The number of likely N-dealkylation sites (tertiary alicyclic amines) is 1. The second-order valence-electron chi connectivity index (χ2n) is 7.19. The fourth-order valence-electron chi connectivity index (χ4n) is 3.66. The van der Waals surface area contributed by atoms with E-state index >= 15 is 0 Å². The summed E-state index contributed by atoms with van der Waals surface area (Å²) in [4.78, 5) is 27.2. The van der Waals surface area contributed by atoms with E-state index in [1.807, 2.05) is 18.2 Å². The predicted octanol–water partition coefficient (Wildman–Crippen LogP) is 3.80. The van der Waals surface area contributed by atoms with E-state index in [4.69, 9.17) is 0 Å². The van der Waals surface area contributed by atoms with Crippen molar-refractivity contribution in [1.82, 2.24) is 4.90 Å². The quantitative estimate of drug-likeness (QED) is 0.784. The Morgan fingerprint density at radius 3 is 2.18 bits per heavy atom. The summed E-state index contributed by atoms with van der Waals surface area (Å²) in [5, 5.41) is 0. The number of para-hydroxylation sites is 1. The molecule has 0 radical (unpaired) electrons. The van der Waals surface area contributed by atoms with Crippen LogP contribution in [0.15, 0.2) is 48.5 Å². The molecule has 4 nitrogen and oxygen atoms in total. The largest absolute Gasteiger partial charge is 0.341 e. The zero-order valence-electron chi connectivity index (χ0n) is 15.9. The van der Waals surface area contributed by atoms with Gasteiger partial charge < -0.3 is 4.90 Å². The fourth-order valence-corrected chi connectivity index (χ4v) is 3.66. The molecular weight excluding hydrogens is 362 g/mol. The number of halogens is 2. The van der Waals surface area contributed by atoms with Gasteiger partial charge in [0.05, 0.1) is 0 Å². The van der Waals surface area contributed by atoms with Gasteiger partial charge in [-0.25, -0.2) is 8.78 Å². The molecule has 3 rings (SSSR count). The molecule has 1 saturated heterocycles. The molecule has 0 bridgehead atoms. The van der Waals surface area contributed by atoms with Crippen LogP contribution < -0.4 is 4.90 Å². The first-order valence-corrected chi connectivity index (χ1v) is 9.49. The number of nitrogens with zero attached hydrogens (tertiary/aromatic N) is 2. The Morgan fingerprint density at radius 2 is 1.61 bits per heavy atom. The van der Waals surface area contributed by atoms with Gasteiger partial charge in [-0.1, -0.05) is 36.4 Å². The third-order valence-electron chi connectivity index (χ3n) is 5.22. The number of carbonyl (C=O) groups excluding carboxylic acids is 2. The second kappa shape index (κ2) is 8.95. The van der Waals surface area contributed by atoms with Crippen molar-refractivity contribution in [2.45, 2.75) is 26.2 Å². The summed E-state index contributed by atoms with van der Waals surface area (Å²) in [5.74, 6) is -2.08. The number of piperidine rings is 1. The van der Waals surface area contributed by atoms with Crippen molar-refractivity contribution in [2.24, 2.45) is 5.92 Å². The summed E-state index contributed by atoms with van der Waals surface area (Å²) < 4.78 is 28.1. The van der Waals surface area contributed by atoms with Gasteiger partial charge in [-0.3, -0.25) is 14.5 Å². The Hall–Kier alpha value is -2.76. The van der Waals surface area contributed by atoms with Crippen LogP contribution in [0.3, 0.4) is 0 Å². The van der Waals surface area contributed by atoms with Crippen molar-refractivity contribution in [2.75, 3.05) is 24.5 Å². The summed E-state index contributed by atoms with van der Waals surface area (Å²) in [7, 11) is 0. The van der Waals surface area contributed by atoms with E-state index in [0.717, 1.165) is 36.3 Å². The summed E-state index contributed by atoms with van der Waals surface area (Å²) in [6, 6.07) is 13.6. The molecule has 1 aliphatic rings. The Labute approximate surface area is 163 Å². The molecule has 1 heterocycles. The smallest absolute Gasteiger partial charge is 0.242 e. The lowest BCUT2D eigenvalue weighted by molar-refractivity contribution is -0.132. The van der Waals surface area contributed by atoms with E-state index in [9.17, 15) is 18.4 Å². The van der Waals surface area contributed by atoms with E-state index in [1.54, 1.807) is 4.90 Å². The number of anilines is 1. The van der Waals surface area contributed by atoms with E-state index < -0.39 is 23.2 Å². The molecule has 2 aromatic rings. The first kappa shape index (κ1) is 20.0. The van der Waals surface area contributed by atoms with Crippen LogP contribution in [0, 0.1) is 17.6 Å². The highest BCUT2D eigenvalue weighted by Gasteiger charge is 2.27. The molecule has 148 valence electrons. The lowest BCUT2D eigenvalue weighted by Gasteiger charge is -2.33. The van der Waals surface area contributed by atoms with Gasteiger partial charge in [-0.15, -0.1) is 0 Å². The molecule has 2 aromatic carbocycles. The minimum Gasteiger partial charge on any atom is -0.341 e. The highest BCUT2D eigenvalue weighted by molar-refractivity contribution is 5.97. The molecule has 28 heavy (non-hydrogen) atoms. The van der Waals surface area contributed by atoms with Crippen LogP contribution in [0.1, 0.15) is 25.3 Å². The van der Waals surface area contributed by atoms with Crippen LogP contribution >= 0.6 is 0 Å². The highest BCUT2D eigenvalue weighted by Crippen LogP contribution is 2.25. The summed E-state index contributed by atoms with van der Waals surface area (Å²) >= 11 is 0. The average molecular weight is 386 g/mol. The molecule has 0 N–H and O–H groups in total. The van der Waals surface area contributed by atoms with E-state index in [-0.39, 0.29) is 12.5 Å². The van der Waals surface area contributed by atoms with Gasteiger partial charge in [0.25, 0.3) is 0 Å². The maximum Gasteiger partial charge on any atom is 0.242 e. The van der Waals surface area contributed by atoms with Crippen molar-refractivity contribution < 1.29 is 18.4 Å². The third-order valence-corrected chi connectivity index (χ3v) is 5.22. The normalized spacial score (nSPS) is 14.8. The van der Waals surface area contributed by atoms with Gasteiger partial charge in [0.1, 0.15) is 23.9 Å². The van der Waals surface area contributed by atoms with Gasteiger partial charge in [-0.05, 0) is 42.9 Å².